The molecule has 0 bridgehead atoms. The SMILES string of the molecule is CSc1ccc(C(N)Cc2ccn(C(C)C)n2)cc1. The molecule has 3 nitrogen and oxygen atoms in total. The molecule has 0 aliphatic carbocycles. The van der Waals surface area contributed by atoms with E-state index in [0.29, 0.717) is 6.04 Å². The number of nitrogens with zero attached hydrogens (tertiary/aromatic N) is 2. The Labute approximate surface area is 119 Å². The Bertz CT molecular complexity index is 516. The lowest BCUT2D eigenvalue weighted by Gasteiger charge is -2.11. The fourth-order valence-electron chi connectivity index (χ4n) is 1.97. The lowest BCUT2D eigenvalue weighted by molar-refractivity contribution is 0.522. The predicted octanol–water partition coefficient (Wildman–Crippen LogP) is 3.43. The van der Waals surface area contributed by atoms with E-state index in [2.05, 4.69) is 55.5 Å². The Morgan fingerprint density at radius 1 is 1.21 bits per heavy atom. The fourth-order valence-corrected chi connectivity index (χ4v) is 2.38. The first-order chi connectivity index (χ1) is 9.10. The van der Waals surface area contributed by atoms with E-state index in [9.17, 15) is 0 Å². The normalized spacial score (nSPS) is 12.9. The van der Waals surface area contributed by atoms with Crippen LogP contribution in [-0.2, 0) is 6.42 Å². The van der Waals surface area contributed by atoms with E-state index in [1.807, 2.05) is 10.9 Å². The van der Waals surface area contributed by atoms with Gasteiger partial charge < -0.3 is 5.73 Å². The summed E-state index contributed by atoms with van der Waals surface area (Å²) < 4.78 is 1.97. The summed E-state index contributed by atoms with van der Waals surface area (Å²) in [5.41, 5.74) is 8.46. The molecule has 1 heterocycles. The smallest absolute Gasteiger partial charge is 0.0643 e. The van der Waals surface area contributed by atoms with Crippen LogP contribution in [0.25, 0.3) is 0 Å². The summed E-state index contributed by atoms with van der Waals surface area (Å²) in [5.74, 6) is 0. The maximum atomic E-state index is 6.25. The van der Waals surface area contributed by atoms with Crippen LogP contribution in [0.15, 0.2) is 41.4 Å². The highest BCUT2D eigenvalue weighted by Crippen LogP contribution is 2.20. The van der Waals surface area contributed by atoms with Crippen LogP contribution in [0.1, 0.15) is 37.2 Å². The molecule has 1 atom stereocenters. The number of rotatable bonds is 5. The van der Waals surface area contributed by atoms with E-state index in [4.69, 9.17) is 5.73 Å². The van der Waals surface area contributed by atoms with Gasteiger partial charge in [0.25, 0.3) is 0 Å². The van der Waals surface area contributed by atoms with Gasteiger partial charge in [0.2, 0.25) is 0 Å². The molecule has 0 aliphatic rings. The molecule has 0 aliphatic heterocycles. The predicted molar refractivity (Wildman–Crippen MR) is 81.5 cm³/mol. The van der Waals surface area contributed by atoms with Crippen molar-refractivity contribution in [3.63, 3.8) is 0 Å². The zero-order chi connectivity index (χ0) is 13.8. The van der Waals surface area contributed by atoms with Crippen LogP contribution in [0.5, 0.6) is 0 Å². The monoisotopic (exact) mass is 275 g/mol. The van der Waals surface area contributed by atoms with E-state index < -0.39 is 0 Å². The van der Waals surface area contributed by atoms with Crippen molar-refractivity contribution in [2.24, 2.45) is 5.73 Å². The van der Waals surface area contributed by atoms with E-state index in [1.165, 1.54) is 4.90 Å². The van der Waals surface area contributed by atoms with Crippen molar-refractivity contribution < 1.29 is 0 Å². The third-order valence-corrected chi connectivity index (χ3v) is 3.91. The highest BCUT2D eigenvalue weighted by molar-refractivity contribution is 7.98. The summed E-state index contributed by atoms with van der Waals surface area (Å²) in [6, 6.07) is 10.9. The molecular formula is C15H21N3S. The largest absolute Gasteiger partial charge is 0.324 e. The number of hydrogen-bond acceptors (Lipinski definition) is 3. The van der Waals surface area contributed by atoms with Gasteiger partial charge >= 0.3 is 0 Å². The van der Waals surface area contributed by atoms with Crippen molar-refractivity contribution >= 4 is 11.8 Å². The summed E-state index contributed by atoms with van der Waals surface area (Å²) in [6.07, 6.45) is 4.87. The number of aromatic nitrogens is 2. The molecule has 0 saturated heterocycles. The van der Waals surface area contributed by atoms with Crippen LogP contribution >= 0.6 is 11.8 Å². The van der Waals surface area contributed by atoms with Crippen molar-refractivity contribution in [3.05, 3.63) is 47.8 Å². The average Bonchev–Trinajstić information content (AvgIpc) is 2.87. The molecule has 1 aromatic carbocycles. The van der Waals surface area contributed by atoms with Gasteiger partial charge in [-0.15, -0.1) is 11.8 Å². The minimum absolute atomic E-state index is 0.00594. The van der Waals surface area contributed by atoms with Crippen molar-refractivity contribution in [1.29, 1.82) is 0 Å². The minimum Gasteiger partial charge on any atom is -0.324 e. The van der Waals surface area contributed by atoms with Crippen LogP contribution in [0, 0.1) is 0 Å². The van der Waals surface area contributed by atoms with E-state index in [0.717, 1.165) is 17.7 Å². The van der Waals surface area contributed by atoms with Crippen molar-refractivity contribution in [2.75, 3.05) is 6.26 Å². The van der Waals surface area contributed by atoms with Crippen LogP contribution in [-0.4, -0.2) is 16.0 Å². The molecule has 19 heavy (non-hydrogen) atoms. The molecule has 0 amide bonds. The Hall–Kier alpha value is -1.26. The standard InChI is InChI=1S/C15H21N3S/c1-11(2)18-9-8-13(17-18)10-15(16)12-4-6-14(19-3)7-5-12/h4-9,11,15H,10,16H2,1-3H3. The first kappa shape index (κ1) is 14.2. The maximum Gasteiger partial charge on any atom is 0.0643 e. The van der Waals surface area contributed by atoms with Gasteiger partial charge in [-0.05, 0) is 43.9 Å². The van der Waals surface area contributed by atoms with E-state index >= 15 is 0 Å². The number of thioether (sulfide) groups is 1. The van der Waals surface area contributed by atoms with Gasteiger partial charge in [0.1, 0.15) is 0 Å². The van der Waals surface area contributed by atoms with Crippen molar-refractivity contribution in [2.45, 2.75) is 37.2 Å². The second kappa shape index (κ2) is 6.26. The number of nitrogens with two attached hydrogens (primary N) is 1. The molecule has 0 radical (unpaired) electrons. The molecule has 2 N–H and O–H groups in total. The van der Waals surface area contributed by atoms with Crippen molar-refractivity contribution in [1.82, 2.24) is 9.78 Å². The highest BCUT2D eigenvalue weighted by Gasteiger charge is 2.10. The zero-order valence-electron chi connectivity index (χ0n) is 11.7. The van der Waals surface area contributed by atoms with Crippen LogP contribution < -0.4 is 5.73 Å². The summed E-state index contributed by atoms with van der Waals surface area (Å²) in [4.78, 5) is 1.26. The van der Waals surface area contributed by atoms with Gasteiger partial charge in [-0.25, -0.2) is 0 Å². The summed E-state index contributed by atoms with van der Waals surface area (Å²) in [7, 11) is 0. The number of benzene rings is 1. The first-order valence-corrected chi connectivity index (χ1v) is 7.76. The third kappa shape index (κ3) is 3.61. The molecule has 102 valence electrons. The Morgan fingerprint density at radius 2 is 1.89 bits per heavy atom. The molecule has 0 spiro atoms. The van der Waals surface area contributed by atoms with Crippen LogP contribution in [0.4, 0.5) is 0 Å². The van der Waals surface area contributed by atoms with E-state index in [1.54, 1.807) is 11.8 Å². The summed E-state index contributed by atoms with van der Waals surface area (Å²) in [5, 5.41) is 4.54. The highest BCUT2D eigenvalue weighted by atomic mass is 32.2. The topological polar surface area (TPSA) is 43.8 Å². The van der Waals surface area contributed by atoms with Crippen LogP contribution in [0.2, 0.25) is 0 Å². The average molecular weight is 275 g/mol. The van der Waals surface area contributed by atoms with Gasteiger partial charge in [-0.3, -0.25) is 4.68 Å². The summed E-state index contributed by atoms with van der Waals surface area (Å²) in [6.45, 7) is 4.25. The maximum absolute atomic E-state index is 6.25. The molecule has 1 unspecified atom stereocenters. The fraction of sp³-hybridized carbons (Fsp3) is 0.400. The molecule has 0 fully saturated rings. The lowest BCUT2D eigenvalue weighted by atomic mass is 10.0. The summed E-state index contributed by atoms with van der Waals surface area (Å²) >= 11 is 1.74. The van der Waals surface area contributed by atoms with E-state index in [-0.39, 0.29) is 6.04 Å². The van der Waals surface area contributed by atoms with Crippen LogP contribution in [0.3, 0.4) is 0 Å². The van der Waals surface area contributed by atoms with Gasteiger partial charge in [0.15, 0.2) is 0 Å². The zero-order valence-corrected chi connectivity index (χ0v) is 12.5. The van der Waals surface area contributed by atoms with Gasteiger partial charge in [0.05, 0.1) is 5.69 Å². The first-order valence-electron chi connectivity index (χ1n) is 6.53. The van der Waals surface area contributed by atoms with Gasteiger partial charge in [-0.2, -0.15) is 5.10 Å². The molecule has 0 saturated carbocycles. The number of hydrogen-bond donors (Lipinski definition) is 1. The van der Waals surface area contributed by atoms with Gasteiger partial charge in [0, 0.05) is 29.6 Å². The minimum atomic E-state index is 0.00594. The molecular weight excluding hydrogens is 254 g/mol. The Kier molecular flexibility index (Phi) is 4.66. The van der Waals surface area contributed by atoms with Gasteiger partial charge in [-0.1, -0.05) is 12.1 Å². The molecule has 2 rings (SSSR count). The van der Waals surface area contributed by atoms with Crippen molar-refractivity contribution in [3.8, 4) is 0 Å². The molecule has 2 aromatic rings. The quantitative estimate of drug-likeness (QED) is 0.850. The Morgan fingerprint density at radius 3 is 2.42 bits per heavy atom. The molecule has 4 heteroatoms. The second-order valence-corrected chi connectivity index (χ2v) is 5.84. The Balaban J connectivity index is 2.04. The second-order valence-electron chi connectivity index (χ2n) is 4.96. The third-order valence-electron chi connectivity index (χ3n) is 3.17. The molecule has 1 aromatic heterocycles. The lowest BCUT2D eigenvalue weighted by Crippen LogP contribution is -2.14.